The van der Waals surface area contributed by atoms with Gasteiger partial charge in [-0.05, 0) is 32.1 Å². The second-order valence-electron chi connectivity index (χ2n) is 5.09. The van der Waals surface area contributed by atoms with Crippen molar-refractivity contribution < 1.29 is 9.18 Å². The Morgan fingerprint density at radius 3 is 2.57 bits per heavy atom. The standard InChI is InChI=1S/C14H27FN4O.HI/c1-3-17-14(18-8-4-7-15)19-9-5-12(6-10-19)11-13(20)16-2;/h12H,3-11H2,1-2H3,(H,16,20)(H,17,18);1H. The number of carbonyl (C=O) groups excluding carboxylic acids is 1. The highest BCUT2D eigenvalue weighted by Crippen LogP contribution is 2.20. The summed E-state index contributed by atoms with van der Waals surface area (Å²) < 4.78 is 12.1. The van der Waals surface area contributed by atoms with Gasteiger partial charge in [-0.3, -0.25) is 14.2 Å². The second-order valence-corrected chi connectivity index (χ2v) is 5.09. The fourth-order valence-electron chi connectivity index (χ4n) is 2.38. The smallest absolute Gasteiger partial charge is 0.220 e. The molecule has 0 saturated carbocycles. The number of nitrogens with zero attached hydrogens (tertiary/aromatic N) is 2. The number of hydrogen-bond donors (Lipinski definition) is 2. The molecule has 0 radical (unpaired) electrons. The van der Waals surface area contributed by atoms with Crippen molar-refractivity contribution in [1.82, 2.24) is 15.5 Å². The maximum atomic E-state index is 12.1. The van der Waals surface area contributed by atoms with Crippen LogP contribution in [0.15, 0.2) is 4.99 Å². The number of hydrogen-bond acceptors (Lipinski definition) is 2. The van der Waals surface area contributed by atoms with E-state index < -0.39 is 0 Å². The summed E-state index contributed by atoms with van der Waals surface area (Å²) in [6, 6.07) is 0. The molecule has 2 N–H and O–H groups in total. The number of likely N-dealkylation sites (tertiary alicyclic amines) is 1. The Morgan fingerprint density at radius 2 is 2.05 bits per heavy atom. The number of rotatable bonds is 6. The molecule has 0 aromatic heterocycles. The lowest BCUT2D eigenvalue weighted by Crippen LogP contribution is -2.46. The van der Waals surface area contributed by atoms with Crippen LogP contribution in [0.3, 0.4) is 0 Å². The fraction of sp³-hybridized carbons (Fsp3) is 0.857. The van der Waals surface area contributed by atoms with Crippen LogP contribution >= 0.6 is 24.0 Å². The quantitative estimate of drug-likeness (QED) is 0.302. The summed E-state index contributed by atoms with van der Waals surface area (Å²) in [7, 11) is 1.68. The SMILES string of the molecule is CCNC(=NCCCF)N1CCC(CC(=O)NC)CC1.I. The number of halogens is 2. The third kappa shape index (κ3) is 7.82. The van der Waals surface area contributed by atoms with Crippen molar-refractivity contribution in [3.63, 3.8) is 0 Å². The van der Waals surface area contributed by atoms with Crippen molar-refractivity contribution in [2.24, 2.45) is 10.9 Å². The molecule has 1 rings (SSSR count). The van der Waals surface area contributed by atoms with E-state index in [2.05, 4.69) is 20.5 Å². The number of guanidine groups is 1. The van der Waals surface area contributed by atoms with Crippen LogP contribution in [0, 0.1) is 5.92 Å². The van der Waals surface area contributed by atoms with E-state index in [0.717, 1.165) is 38.4 Å². The predicted molar refractivity (Wildman–Crippen MR) is 95.0 cm³/mol. The lowest BCUT2D eigenvalue weighted by molar-refractivity contribution is -0.121. The zero-order valence-electron chi connectivity index (χ0n) is 13.0. The zero-order valence-corrected chi connectivity index (χ0v) is 15.4. The molecule has 0 bridgehead atoms. The Bertz CT molecular complexity index is 320. The average molecular weight is 414 g/mol. The maximum absolute atomic E-state index is 12.1. The van der Waals surface area contributed by atoms with Gasteiger partial charge in [0.05, 0.1) is 6.67 Å². The third-order valence-corrected chi connectivity index (χ3v) is 3.56. The number of nitrogens with one attached hydrogen (secondary N) is 2. The van der Waals surface area contributed by atoms with E-state index in [-0.39, 0.29) is 36.6 Å². The monoisotopic (exact) mass is 414 g/mol. The van der Waals surface area contributed by atoms with Gasteiger partial charge in [-0.2, -0.15) is 0 Å². The molecular formula is C14H28FIN4O. The van der Waals surface area contributed by atoms with E-state index in [0.29, 0.717) is 25.3 Å². The lowest BCUT2D eigenvalue weighted by Gasteiger charge is -2.34. The molecule has 1 amide bonds. The first kappa shape index (κ1) is 20.4. The number of carbonyl (C=O) groups is 1. The van der Waals surface area contributed by atoms with E-state index >= 15 is 0 Å². The van der Waals surface area contributed by atoms with E-state index in [1.165, 1.54) is 0 Å². The van der Waals surface area contributed by atoms with Gasteiger partial charge in [-0.25, -0.2) is 0 Å². The summed E-state index contributed by atoms with van der Waals surface area (Å²) in [5.74, 6) is 1.45. The van der Waals surface area contributed by atoms with Crippen LogP contribution in [0.4, 0.5) is 4.39 Å². The van der Waals surface area contributed by atoms with Crippen molar-refractivity contribution in [3.05, 3.63) is 0 Å². The Morgan fingerprint density at radius 1 is 1.38 bits per heavy atom. The van der Waals surface area contributed by atoms with E-state index in [9.17, 15) is 9.18 Å². The minimum atomic E-state index is -0.322. The fourth-order valence-corrected chi connectivity index (χ4v) is 2.38. The molecule has 0 aromatic carbocycles. The summed E-state index contributed by atoms with van der Waals surface area (Å²) >= 11 is 0. The molecule has 21 heavy (non-hydrogen) atoms. The van der Waals surface area contributed by atoms with Gasteiger partial charge >= 0.3 is 0 Å². The van der Waals surface area contributed by atoms with E-state index in [4.69, 9.17) is 0 Å². The van der Waals surface area contributed by atoms with Gasteiger partial charge in [0.1, 0.15) is 0 Å². The number of alkyl halides is 1. The zero-order chi connectivity index (χ0) is 14.8. The molecule has 0 aromatic rings. The highest BCUT2D eigenvalue weighted by molar-refractivity contribution is 14.0. The number of amides is 1. The summed E-state index contributed by atoms with van der Waals surface area (Å²) in [4.78, 5) is 18.0. The predicted octanol–water partition coefficient (Wildman–Crippen LogP) is 1.78. The molecule has 0 spiro atoms. The molecule has 1 aliphatic heterocycles. The second kappa shape index (κ2) is 12.0. The summed E-state index contributed by atoms with van der Waals surface area (Å²) in [6.45, 7) is 4.86. The normalized spacial score (nSPS) is 16.3. The first-order valence-corrected chi connectivity index (χ1v) is 7.51. The van der Waals surface area contributed by atoms with Crippen molar-refractivity contribution in [1.29, 1.82) is 0 Å². The Labute approximate surface area is 144 Å². The Balaban J connectivity index is 0.00000400. The minimum Gasteiger partial charge on any atom is -0.359 e. The van der Waals surface area contributed by atoms with Gasteiger partial charge in [0.25, 0.3) is 0 Å². The van der Waals surface area contributed by atoms with Gasteiger partial charge in [0.2, 0.25) is 5.91 Å². The summed E-state index contributed by atoms with van der Waals surface area (Å²) in [5.41, 5.74) is 0. The summed E-state index contributed by atoms with van der Waals surface area (Å²) in [5, 5.41) is 5.93. The summed E-state index contributed by atoms with van der Waals surface area (Å²) in [6.07, 6.45) is 3.09. The molecule has 5 nitrogen and oxygen atoms in total. The first-order valence-electron chi connectivity index (χ1n) is 7.51. The van der Waals surface area contributed by atoms with Crippen LogP contribution in [0.5, 0.6) is 0 Å². The van der Waals surface area contributed by atoms with Crippen molar-refractivity contribution in [3.8, 4) is 0 Å². The van der Waals surface area contributed by atoms with Gasteiger partial charge < -0.3 is 15.5 Å². The Kier molecular flexibility index (Phi) is 11.7. The van der Waals surface area contributed by atoms with Crippen molar-refractivity contribution in [2.75, 3.05) is 39.9 Å². The molecule has 1 aliphatic rings. The number of piperidine rings is 1. The molecule has 0 aliphatic carbocycles. The van der Waals surface area contributed by atoms with Crippen molar-refractivity contribution >= 4 is 35.8 Å². The average Bonchev–Trinajstić information content (AvgIpc) is 2.47. The Hall–Kier alpha value is -0.600. The molecule has 0 atom stereocenters. The minimum absolute atomic E-state index is 0. The van der Waals surface area contributed by atoms with Gasteiger partial charge in [0.15, 0.2) is 5.96 Å². The first-order chi connectivity index (χ1) is 9.71. The van der Waals surface area contributed by atoms with Crippen LogP contribution in [0.2, 0.25) is 0 Å². The highest BCUT2D eigenvalue weighted by Gasteiger charge is 2.22. The largest absolute Gasteiger partial charge is 0.359 e. The molecule has 0 unspecified atom stereocenters. The van der Waals surface area contributed by atoms with E-state index in [1.807, 2.05) is 6.92 Å². The third-order valence-electron chi connectivity index (χ3n) is 3.56. The molecule has 124 valence electrons. The highest BCUT2D eigenvalue weighted by atomic mass is 127. The van der Waals surface area contributed by atoms with Gasteiger partial charge in [0, 0.05) is 39.6 Å². The lowest BCUT2D eigenvalue weighted by atomic mass is 9.93. The van der Waals surface area contributed by atoms with Crippen LogP contribution in [0.1, 0.15) is 32.6 Å². The van der Waals surface area contributed by atoms with Gasteiger partial charge in [-0.15, -0.1) is 24.0 Å². The van der Waals surface area contributed by atoms with E-state index in [1.54, 1.807) is 7.05 Å². The molecule has 7 heteroatoms. The number of aliphatic imine (C=N–C) groups is 1. The molecule has 1 fully saturated rings. The van der Waals surface area contributed by atoms with Crippen LogP contribution < -0.4 is 10.6 Å². The molecule has 1 saturated heterocycles. The van der Waals surface area contributed by atoms with Gasteiger partial charge in [-0.1, -0.05) is 0 Å². The maximum Gasteiger partial charge on any atom is 0.220 e. The molecule has 1 heterocycles. The topological polar surface area (TPSA) is 56.7 Å². The van der Waals surface area contributed by atoms with Crippen molar-refractivity contribution in [2.45, 2.75) is 32.6 Å². The molecular weight excluding hydrogens is 386 g/mol. The van der Waals surface area contributed by atoms with Crippen LogP contribution in [-0.4, -0.2) is 56.7 Å². The van der Waals surface area contributed by atoms with Crippen LogP contribution in [-0.2, 0) is 4.79 Å². The van der Waals surface area contributed by atoms with Crippen LogP contribution in [0.25, 0.3) is 0 Å².